The Bertz CT molecular complexity index is 219. The molecule has 5 nitrogen and oxygen atoms in total. The third kappa shape index (κ3) is 3.64. The number of carbonyl (C=O) groups is 2. The second-order valence-electron chi connectivity index (χ2n) is 4.54. The molecule has 0 spiro atoms. The van der Waals surface area contributed by atoms with Crippen LogP contribution in [0, 0.1) is 5.41 Å². The van der Waals surface area contributed by atoms with E-state index in [1.807, 2.05) is 40.0 Å². The van der Waals surface area contributed by atoms with Crippen LogP contribution in [-0.4, -0.2) is 18.1 Å². The molecular weight excluding hydrogens is 184 g/mol. The number of nitrogens with one attached hydrogen (secondary N) is 2. The Labute approximate surface area is 84.2 Å². The van der Waals surface area contributed by atoms with Crippen LogP contribution in [0.3, 0.4) is 0 Å². The Kier molecular flexibility index (Phi) is 3.92. The zero-order valence-corrected chi connectivity index (χ0v) is 9.30. The summed E-state index contributed by atoms with van der Waals surface area (Å²) in [6, 6.07) is 0. The molecule has 0 bridgehead atoms. The van der Waals surface area contributed by atoms with Crippen molar-refractivity contribution in [3.8, 4) is 0 Å². The fraction of sp³-hybridized carbons (Fsp3) is 0.778. The Morgan fingerprint density at radius 2 is 1.71 bits per heavy atom. The van der Waals surface area contributed by atoms with Crippen LogP contribution in [0.2, 0.25) is 0 Å². The second-order valence-corrected chi connectivity index (χ2v) is 4.54. The van der Waals surface area contributed by atoms with Crippen molar-refractivity contribution in [2.75, 3.05) is 0 Å². The summed E-state index contributed by atoms with van der Waals surface area (Å²) in [5, 5.41) is 0. The molecule has 0 rings (SSSR count). The number of hydrogen-bond acceptors (Lipinski definition) is 3. The molecule has 0 aliphatic carbocycles. The van der Waals surface area contributed by atoms with E-state index in [2.05, 4.69) is 5.43 Å². The summed E-state index contributed by atoms with van der Waals surface area (Å²) >= 11 is 0. The fourth-order valence-electron chi connectivity index (χ4n) is 0.499. The van der Waals surface area contributed by atoms with E-state index >= 15 is 0 Å². The van der Waals surface area contributed by atoms with E-state index in [-0.39, 0.29) is 5.41 Å². The maximum absolute atomic E-state index is 11.1. The van der Waals surface area contributed by atoms with Gasteiger partial charge in [-0.2, -0.15) is 0 Å². The van der Waals surface area contributed by atoms with Gasteiger partial charge in [0.2, 0.25) is 6.41 Å². The van der Waals surface area contributed by atoms with E-state index in [0.717, 1.165) is 0 Å². The first kappa shape index (κ1) is 12.7. The van der Waals surface area contributed by atoms with Gasteiger partial charge in [0.1, 0.15) is 5.60 Å². The molecule has 0 aromatic rings. The standard InChI is InChI=1S/C9H18N2O3/c1-8(2,3)9(4,5)14-7(13)11-10-6-12/h6H,1-5H3,(H,10,12)(H,11,13). The Morgan fingerprint density at radius 1 is 1.21 bits per heavy atom. The molecule has 2 N–H and O–H groups in total. The van der Waals surface area contributed by atoms with Crippen LogP contribution in [0.4, 0.5) is 4.79 Å². The van der Waals surface area contributed by atoms with Crippen LogP contribution in [0.5, 0.6) is 0 Å². The van der Waals surface area contributed by atoms with Crippen molar-refractivity contribution in [3.05, 3.63) is 0 Å². The average Bonchev–Trinajstić information content (AvgIpc) is 1.97. The zero-order chi connectivity index (χ0) is 11.4. The maximum atomic E-state index is 11.1. The van der Waals surface area contributed by atoms with Crippen molar-refractivity contribution in [2.24, 2.45) is 5.41 Å². The summed E-state index contributed by atoms with van der Waals surface area (Å²) in [5.74, 6) is 0. The predicted octanol–water partition coefficient (Wildman–Crippen LogP) is 1.20. The van der Waals surface area contributed by atoms with Crippen LogP contribution < -0.4 is 10.9 Å². The molecule has 0 aliphatic rings. The molecule has 0 saturated carbocycles. The van der Waals surface area contributed by atoms with Crippen LogP contribution in [0.25, 0.3) is 0 Å². The first-order valence-electron chi connectivity index (χ1n) is 4.39. The predicted molar refractivity (Wildman–Crippen MR) is 52.4 cm³/mol. The van der Waals surface area contributed by atoms with Gasteiger partial charge in [-0.05, 0) is 13.8 Å². The van der Waals surface area contributed by atoms with Gasteiger partial charge < -0.3 is 4.74 Å². The van der Waals surface area contributed by atoms with Gasteiger partial charge in [-0.25, -0.2) is 10.2 Å². The molecule has 0 fully saturated rings. The molecule has 0 aromatic heterocycles. The summed E-state index contributed by atoms with van der Waals surface area (Å²) in [7, 11) is 0. The van der Waals surface area contributed by atoms with Gasteiger partial charge in [0, 0.05) is 5.41 Å². The largest absolute Gasteiger partial charge is 0.442 e. The molecule has 0 heterocycles. The number of rotatable bonds is 3. The Morgan fingerprint density at radius 3 is 2.07 bits per heavy atom. The van der Waals surface area contributed by atoms with Crippen molar-refractivity contribution in [2.45, 2.75) is 40.2 Å². The number of carbonyl (C=O) groups excluding carboxylic acids is 2. The van der Waals surface area contributed by atoms with Gasteiger partial charge in [-0.15, -0.1) is 0 Å². The van der Waals surface area contributed by atoms with Gasteiger partial charge in [0.05, 0.1) is 0 Å². The minimum atomic E-state index is -0.669. The summed E-state index contributed by atoms with van der Waals surface area (Å²) in [6.07, 6.45) is -0.303. The van der Waals surface area contributed by atoms with Gasteiger partial charge in [0.15, 0.2) is 0 Å². The highest BCUT2D eigenvalue weighted by molar-refractivity contribution is 5.69. The van der Waals surface area contributed by atoms with Crippen molar-refractivity contribution in [1.82, 2.24) is 10.9 Å². The van der Waals surface area contributed by atoms with E-state index in [1.165, 1.54) is 0 Å². The van der Waals surface area contributed by atoms with Crippen LogP contribution >= 0.6 is 0 Å². The quantitative estimate of drug-likeness (QED) is 0.533. The minimum absolute atomic E-state index is 0.175. The first-order valence-corrected chi connectivity index (χ1v) is 4.39. The van der Waals surface area contributed by atoms with Crippen molar-refractivity contribution in [1.29, 1.82) is 0 Å². The second kappa shape index (κ2) is 4.30. The normalized spacial score (nSPS) is 11.8. The molecule has 14 heavy (non-hydrogen) atoms. The lowest BCUT2D eigenvalue weighted by atomic mass is 9.79. The molecule has 0 saturated heterocycles. The van der Waals surface area contributed by atoms with E-state index in [1.54, 1.807) is 0 Å². The Hall–Kier alpha value is -1.26. The molecule has 5 heteroatoms. The van der Waals surface area contributed by atoms with Gasteiger partial charge >= 0.3 is 6.09 Å². The SMILES string of the molecule is CC(C)(C)C(C)(C)OC(=O)NNC=O. The van der Waals surface area contributed by atoms with Crippen molar-refractivity contribution >= 4 is 12.5 Å². The van der Waals surface area contributed by atoms with Gasteiger partial charge in [-0.3, -0.25) is 10.2 Å². The van der Waals surface area contributed by atoms with Crippen LogP contribution in [-0.2, 0) is 9.53 Å². The smallest absolute Gasteiger partial charge is 0.426 e. The number of amides is 2. The average molecular weight is 202 g/mol. The molecule has 2 amide bonds. The minimum Gasteiger partial charge on any atom is -0.442 e. The molecule has 0 atom stereocenters. The monoisotopic (exact) mass is 202 g/mol. The third-order valence-corrected chi connectivity index (χ3v) is 2.39. The van der Waals surface area contributed by atoms with Gasteiger partial charge in [-0.1, -0.05) is 20.8 Å². The third-order valence-electron chi connectivity index (χ3n) is 2.39. The lowest BCUT2D eigenvalue weighted by Crippen LogP contribution is -2.46. The zero-order valence-electron chi connectivity index (χ0n) is 9.30. The molecule has 82 valence electrons. The lowest BCUT2D eigenvalue weighted by Gasteiger charge is -2.37. The van der Waals surface area contributed by atoms with Crippen molar-refractivity contribution in [3.63, 3.8) is 0 Å². The van der Waals surface area contributed by atoms with Gasteiger partial charge in [0.25, 0.3) is 0 Å². The summed E-state index contributed by atoms with van der Waals surface area (Å²) in [4.78, 5) is 21.0. The number of hydrogen-bond donors (Lipinski definition) is 2. The maximum Gasteiger partial charge on any atom is 0.426 e. The summed E-state index contributed by atoms with van der Waals surface area (Å²) in [5.41, 5.74) is 3.31. The van der Waals surface area contributed by atoms with Crippen molar-refractivity contribution < 1.29 is 14.3 Å². The van der Waals surface area contributed by atoms with E-state index < -0.39 is 11.7 Å². The highest BCUT2D eigenvalue weighted by Crippen LogP contribution is 2.32. The van der Waals surface area contributed by atoms with Crippen LogP contribution in [0.15, 0.2) is 0 Å². The molecule has 0 radical (unpaired) electrons. The van der Waals surface area contributed by atoms with E-state index in [4.69, 9.17) is 4.74 Å². The number of ether oxygens (including phenoxy) is 1. The lowest BCUT2D eigenvalue weighted by molar-refractivity contribution is -0.110. The van der Waals surface area contributed by atoms with E-state index in [9.17, 15) is 9.59 Å². The highest BCUT2D eigenvalue weighted by Gasteiger charge is 2.36. The molecule has 0 aromatic carbocycles. The topological polar surface area (TPSA) is 67.4 Å². The summed E-state index contributed by atoms with van der Waals surface area (Å²) in [6.45, 7) is 9.52. The molecule has 0 unspecified atom stereocenters. The highest BCUT2D eigenvalue weighted by atomic mass is 16.6. The first-order chi connectivity index (χ1) is 6.20. The van der Waals surface area contributed by atoms with E-state index in [0.29, 0.717) is 6.41 Å². The fourth-order valence-corrected chi connectivity index (χ4v) is 0.499. The summed E-state index contributed by atoms with van der Waals surface area (Å²) < 4.78 is 5.13. The molecular formula is C9H18N2O3. The molecule has 0 aliphatic heterocycles. The Balaban J connectivity index is 4.22. The van der Waals surface area contributed by atoms with Crippen LogP contribution in [0.1, 0.15) is 34.6 Å². The number of hydrazine groups is 1.